The number of nitrogens with zero attached hydrogens (tertiary/aromatic N) is 4. The molecule has 0 saturated heterocycles. The molecule has 0 aliphatic carbocycles. The first-order chi connectivity index (χ1) is 46.6. The third kappa shape index (κ3) is 11.8. The minimum absolute atomic E-state index is 1.07. The van der Waals surface area contributed by atoms with Gasteiger partial charge in [0.15, 0.2) is 0 Å². The monoisotopic (exact) mass is 1240 g/mol. The van der Waals surface area contributed by atoms with Gasteiger partial charge in [-0.05, 0) is 225 Å². The number of anilines is 12. The van der Waals surface area contributed by atoms with Crippen LogP contribution in [0.25, 0.3) is 74.4 Å². The maximum absolute atomic E-state index is 2.36. The summed E-state index contributed by atoms with van der Waals surface area (Å²) < 4.78 is 2.59. The van der Waals surface area contributed by atoms with Gasteiger partial charge < -0.3 is 19.6 Å². The number of rotatable bonds is 17. The van der Waals surface area contributed by atoms with Crippen LogP contribution >= 0.6 is 22.7 Å². The molecule has 14 aromatic carbocycles. The summed E-state index contributed by atoms with van der Waals surface area (Å²) in [5.41, 5.74) is 22.4. The van der Waals surface area contributed by atoms with E-state index in [1.165, 1.54) is 41.1 Å². The molecule has 2 heterocycles. The standard InChI is InChI=1S/C88H62N4S2/c1-5-19-73(20-6-1)89(74-21-7-2-8-22-74)77-45-29-63(30-46-77)65-33-49-79(50-34-65)91(83-57-41-69(42-58-83)87-61-71-17-13-15-27-85(71)93-87)81-53-37-67(38-54-81)68-39-55-82(56-40-68)92(84-59-43-70(44-60-84)88-62-72-18-14-16-28-86(72)94-88)80-51-35-66(36-52-80)64-31-47-78(48-32-64)90(75-23-9-3-10-24-75)76-25-11-4-12-26-76/h1-62H. The molecule has 0 fully saturated rings. The van der Waals surface area contributed by atoms with Crippen LogP contribution in [-0.4, -0.2) is 0 Å². The molecule has 0 amide bonds. The van der Waals surface area contributed by atoms with Crippen molar-refractivity contribution >= 4 is 111 Å². The van der Waals surface area contributed by atoms with E-state index in [2.05, 4.69) is 396 Å². The highest BCUT2D eigenvalue weighted by Crippen LogP contribution is 2.44. The minimum Gasteiger partial charge on any atom is -0.311 e. The molecule has 0 saturated carbocycles. The van der Waals surface area contributed by atoms with Crippen LogP contribution < -0.4 is 19.6 Å². The Balaban J connectivity index is 0.697. The van der Waals surface area contributed by atoms with Gasteiger partial charge in [-0.1, -0.05) is 206 Å². The maximum atomic E-state index is 2.36. The molecule has 0 aliphatic rings. The zero-order valence-electron chi connectivity index (χ0n) is 51.4. The molecule has 0 aliphatic heterocycles. The molecule has 0 spiro atoms. The van der Waals surface area contributed by atoms with Crippen molar-refractivity contribution in [1.82, 2.24) is 0 Å². The summed E-state index contributed by atoms with van der Waals surface area (Å²) in [4.78, 5) is 11.8. The second kappa shape index (κ2) is 25.8. The predicted octanol–water partition coefficient (Wildman–Crippen LogP) is 26.3. The summed E-state index contributed by atoms with van der Waals surface area (Å²) in [6.07, 6.45) is 0. The predicted molar refractivity (Wildman–Crippen MR) is 403 cm³/mol. The lowest BCUT2D eigenvalue weighted by Crippen LogP contribution is -2.10. The highest BCUT2D eigenvalue weighted by atomic mass is 32.1. The van der Waals surface area contributed by atoms with E-state index in [1.54, 1.807) is 0 Å². The zero-order valence-corrected chi connectivity index (χ0v) is 53.0. The van der Waals surface area contributed by atoms with Crippen LogP contribution in [0.3, 0.4) is 0 Å². The topological polar surface area (TPSA) is 13.0 Å². The number of thiophene rings is 2. The lowest BCUT2D eigenvalue weighted by Gasteiger charge is -2.27. The van der Waals surface area contributed by atoms with Gasteiger partial charge in [0.2, 0.25) is 0 Å². The molecular weight excluding hydrogens is 1180 g/mol. The Bertz CT molecular complexity index is 4700. The summed E-state index contributed by atoms with van der Waals surface area (Å²) in [6.45, 7) is 0. The van der Waals surface area contributed by atoms with Crippen LogP contribution in [0.5, 0.6) is 0 Å². The van der Waals surface area contributed by atoms with Crippen molar-refractivity contribution in [2.45, 2.75) is 0 Å². The van der Waals surface area contributed by atoms with Gasteiger partial charge in [-0.3, -0.25) is 0 Å². The molecule has 94 heavy (non-hydrogen) atoms. The quantitative estimate of drug-likeness (QED) is 0.0901. The van der Waals surface area contributed by atoms with Crippen molar-refractivity contribution in [3.05, 3.63) is 376 Å². The lowest BCUT2D eigenvalue weighted by molar-refractivity contribution is 1.28. The third-order valence-corrected chi connectivity index (χ3v) is 19.8. The number of hydrogen-bond acceptors (Lipinski definition) is 6. The molecule has 6 heteroatoms. The van der Waals surface area contributed by atoms with Crippen molar-refractivity contribution in [2.24, 2.45) is 0 Å². The molecule has 16 rings (SSSR count). The van der Waals surface area contributed by atoms with Crippen LogP contribution in [0.2, 0.25) is 0 Å². The zero-order chi connectivity index (χ0) is 62.6. The molecule has 0 atom stereocenters. The van der Waals surface area contributed by atoms with Gasteiger partial charge in [0.25, 0.3) is 0 Å². The highest BCUT2D eigenvalue weighted by molar-refractivity contribution is 7.22. The molecular formula is C88H62N4S2. The largest absolute Gasteiger partial charge is 0.311 e. The van der Waals surface area contributed by atoms with Gasteiger partial charge in [-0.2, -0.15) is 0 Å². The van der Waals surface area contributed by atoms with E-state index in [0.29, 0.717) is 0 Å². The van der Waals surface area contributed by atoms with Crippen molar-refractivity contribution in [3.63, 3.8) is 0 Å². The summed E-state index contributed by atoms with van der Waals surface area (Å²) in [7, 11) is 0. The van der Waals surface area contributed by atoms with Gasteiger partial charge in [0.1, 0.15) is 0 Å². The van der Waals surface area contributed by atoms with E-state index in [1.807, 2.05) is 22.7 Å². The fourth-order valence-corrected chi connectivity index (χ4v) is 14.8. The Hall–Kier alpha value is -11.8. The number of hydrogen-bond donors (Lipinski definition) is 0. The SMILES string of the molecule is c1ccc(N(c2ccccc2)c2ccc(-c3ccc(N(c4ccc(-c5ccc(N(c6ccc(-c7ccc(N(c8ccccc8)c8ccccc8)cc7)cc6)c6ccc(-c7cc8ccccc8s7)cc6)cc5)cc4)c4ccc(-c5cc6ccccc6s5)cc4)cc3)cc2)cc1. The van der Waals surface area contributed by atoms with Crippen LogP contribution in [0, 0.1) is 0 Å². The molecule has 4 nitrogen and oxygen atoms in total. The normalized spacial score (nSPS) is 11.2. The first-order valence-electron chi connectivity index (χ1n) is 31.8. The van der Waals surface area contributed by atoms with Gasteiger partial charge in [0, 0.05) is 87.4 Å². The summed E-state index contributed by atoms with van der Waals surface area (Å²) in [5, 5.41) is 2.54. The fourth-order valence-electron chi connectivity index (χ4n) is 12.7. The van der Waals surface area contributed by atoms with Crippen LogP contribution in [0.1, 0.15) is 0 Å². The van der Waals surface area contributed by atoms with E-state index >= 15 is 0 Å². The van der Waals surface area contributed by atoms with Gasteiger partial charge in [-0.15, -0.1) is 22.7 Å². The first kappa shape index (κ1) is 57.4. The van der Waals surface area contributed by atoms with E-state index in [9.17, 15) is 0 Å². The third-order valence-electron chi connectivity index (χ3n) is 17.5. The molecule has 0 unspecified atom stereocenters. The van der Waals surface area contributed by atoms with Crippen LogP contribution in [-0.2, 0) is 0 Å². The van der Waals surface area contributed by atoms with E-state index in [-0.39, 0.29) is 0 Å². The maximum Gasteiger partial charge on any atom is 0.0462 e. The first-order valence-corrected chi connectivity index (χ1v) is 33.4. The molecule has 0 radical (unpaired) electrons. The van der Waals surface area contributed by atoms with E-state index < -0.39 is 0 Å². The van der Waals surface area contributed by atoms with Crippen molar-refractivity contribution < 1.29 is 0 Å². The van der Waals surface area contributed by atoms with E-state index in [0.717, 1.165) is 102 Å². The summed E-state index contributed by atoms with van der Waals surface area (Å²) >= 11 is 3.67. The van der Waals surface area contributed by atoms with Gasteiger partial charge in [-0.25, -0.2) is 0 Å². The fraction of sp³-hybridized carbons (Fsp3) is 0. The number of para-hydroxylation sites is 4. The minimum atomic E-state index is 1.07. The van der Waals surface area contributed by atoms with Crippen molar-refractivity contribution in [2.75, 3.05) is 19.6 Å². The molecule has 16 aromatic rings. The Kier molecular flexibility index (Phi) is 15.8. The number of benzene rings is 14. The molecule has 446 valence electrons. The molecule has 2 aromatic heterocycles. The Labute approximate surface area is 557 Å². The summed E-state index contributed by atoms with van der Waals surface area (Å²) in [5.74, 6) is 0. The Morgan fingerprint density at radius 3 is 0.521 bits per heavy atom. The van der Waals surface area contributed by atoms with Gasteiger partial charge >= 0.3 is 0 Å². The Morgan fingerprint density at radius 2 is 0.319 bits per heavy atom. The Morgan fingerprint density at radius 1 is 0.149 bits per heavy atom. The van der Waals surface area contributed by atoms with Crippen molar-refractivity contribution in [3.8, 4) is 54.3 Å². The van der Waals surface area contributed by atoms with Crippen molar-refractivity contribution in [1.29, 1.82) is 0 Å². The average Bonchev–Trinajstić information content (AvgIpc) is 1.75. The van der Waals surface area contributed by atoms with Crippen LogP contribution in [0.15, 0.2) is 376 Å². The van der Waals surface area contributed by atoms with Gasteiger partial charge in [0.05, 0.1) is 0 Å². The highest BCUT2D eigenvalue weighted by Gasteiger charge is 2.19. The second-order valence-electron chi connectivity index (χ2n) is 23.4. The van der Waals surface area contributed by atoms with E-state index in [4.69, 9.17) is 0 Å². The molecule has 0 bridgehead atoms. The second-order valence-corrected chi connectivity index (χ2v) is 25.5. The molecule has 0 N–H and O–H groups in total. The van der Waals surface area contributed by atoms with Crippen LogP contribution in [0.4, 0.5) is 68.2 Å². The smallest absolute Gasteiger partial charge is 0.0462 e. The summed E-state index contributed by atoms with van der Waals surface area (Å²) in [6, 6.07) is 136. The lowest BCUT2D eigenvalue weighted by atomic mass is 10.0. The number of fused-ring (bicyclic) bond motifs is 2. The average molecular weight is 1240 g/mol.